The minimum atomic E-state index is -0.400. The van der Waals surface area contributed by atoms with Crippen LogP contribution in [0.5, 0.6) is 11.5 Å². The number of carbonyl (C=O) groups excluding carboxylic acids is 3. The number of imidazole rings is 1. The molecule has 3 amide bonds. The number of hydrogen-bond donors (Lipinski definition) is 2. The molecule has 9 heteroatoms. The Hall–Kier alpha value is -4.14. The van der Waals surface area contributed by atoms with Crippen molar-refractivity contribution >= 4 is 17.7 Å². The van der Waals surface area contributed by atoms with Gasteiger partial charge in [-0.3, -0.25) is 19.3 Å². The summed E-state index contributed by atoms with van der Waals surface area (Å²) in [6.07, 6.45) is 4.35. The number of H-pyrrole nitrogens is 1. The zero-order valence-electron chi connectivity index (χ0n) is 18.4. The first-order valence-electron chi connectivity index (χ1n) is 10.5. The fraction of sp³-hybridized carbons (Fsp3) is 0.250. The number of methoxy groups -OCH3 is 2. The number of amides is 3. The number of hydrogen-bond acceptors (Lipinski definition) is 6. The van der Waals surface area contributed by atoms with Crippen molar-refractivity contribution < 1.29 is 23.9 Å². The summed E-state index contributed by atoms with van der Waals surface area (Å²) in [6, 6.07) is 10.1. The van der Waals surface area contributed by atoms with Crippen molar-refractivity contribution in [2.24, 2.45) is 0 Å². The van der Waals surface area contributed by atoms with Gasteiger partial charge in [-0.1, -0.05) is 6.07 Å². The molecule has 4 rings (SSSR count). The number of aromatic nitrogens is 2. The molecular formula is C24H24N4O5. The highest BCUT2D eigenvalue weighted by Gasteiger charge is 2.35. The first-order chi connectivity index (χ1) is 16.0. The van der Waals surface area contributed by atoms with E-state index in [0.29, 0.717) is 42.0 Å². The van der Waals surface area contributed by atoms with E-state index in [-0.39, 0.29) is 23.9 Å². The molecular weight excluding hydrogens is 424 g/mol. The summed E-state index contributed by atoms with van der Waals surface area (Å²) < 4.78 is 10.5. The first-order valence-corrected chi connectivity index (χ1v) is 10.5. The molecule has 2 heterocycles. The molecule has 0 aliphatic carbocycles. The van der Waals surface area contributed by atoms with Crippen LogP contribution in [0.3, 0.4) is 0 Å². The number of carbonyl (C=O) groups is 3. The first kappa shape index (κ1) is 22.1. The zero-order valence-corrected chi connectivity index (χ0v) is 18.4. The summed E-state index contributed by atoms with van der Waals surface area (Å²) in [4.78, 5) is 46.3. The van der Waals surface area contributed by atoms with Gasteiger partial charge in [-0.05, 0) is 42.3 Å². The maximum atomic E-state index is 12.9. The fourth-order valence-electron chi connectivity index (χ4n) is 3.75. The lowest BCUT2D eigenvalue weighted by molar-refractivity contribution is 0.0656. The van der Waals surface area contributed by atoms with Crippen LogP contribution < -0.4 is 14.8 Å². The van der Waals surface area contributed by atoms with E-state index in [0.717, 1.165) is 11.3 Å². The van der Waals surface area contributed by atoms with Crippen LogP contribution >= 0.6 is 0 Å². The Morgan fingerprint density at radius 1 is 1.00 bits per heavy atom. The van der Waals surface area contributed by atoms with Gasteiger partial charge >= 0.3 is 0 Å². The Morgan fingerprint density at radius 2 is 1.79 bits per heavy atom. The molecule has 1 aliphatic rings. The van der Waals surface area contributed by atoms with E-state index >= 15 is 0 Å². The molecule has 0 atom stereocenters. The summed E-state index contributed by atoms with van der Waals surface area (Å²) in [6.45, 7) is 0.635. The summed E-state index contributed by atoms with van der Waals surface area (Å²) >= 11 is 0. The van der Waals surface area contributed by atoms with E-state index in [1.165, 1.54) is 17.0 Å². The molecule has 2 aromatic carbocycles. The molecule has 1 aliphatic heterocycles. The number of aromatic amines is 1. The predicted molar refractivity (Wildman–Crippen MR) is 120 cm³/mol. The number of nitrogens with one attached hydrogen (secondary N) is 2. The maximum Gasteiger partial charge on any atom is 0.261 e. The van der Waals surface area contributed by atoms with E-state index in [9.17, 15) is 14.4 Å². The topological polar surface area (TPSA) is 114 Å². The van der Waals surface area contributed by atoms with Crippen molar-refractivity contribution in [3.05, 3.63) is 76.9 Å². The van der Waals surface area contributed by atoms with Crippen LogP contribution in [0.15, 0.2) is 48.9 Å². The lowest BCUT2D eigenvalue weighted by Crippen LogP contribution is -2.31. The lowest BCUT2D eigenvalue weighted by atomic mass is 10.1. The molecule has 9 nitrogen and oxygen atoms in total. The molecule has 0 spiro atoms. The highest BCUT2D eigenvalue weighted by Crippen LogP contribution is 2.29. The van der Waals surface area contributed by atoms with Gasteiger partial charge in [-0.2, -0.15) is 0 Å². The van der Waals surface area contributed by atoms with Crippen LogP contribution in [-0.2, 0) is 12.8 Å². The summed E-state index contributed by atoms with van der Waals surface area (Å²) in [5, 5.41) is 2.81. The maximum absolute atomic E-state index is 12.9. The molecule has 2 N–H and O–H groups in total. The highest BCUT2D eigenvalue weighted by atomic mass is 16.5. The van der Waals surface area contributed by atoms with E-state index in [4.69, 9.17) is 9.47 Å². The minimum Gasteiger partial charge on any atom is -0.493 e. The van der Waals surface area contributed by atoms with Gasteiger partial charge in [0.2, 0.25) is 0 Å². The molecule has 33 heavy (non-hydrogen) atoms. The van der Waals surface area contributed by atoms with Gasteiger partial charge in [-0.15, -0.1) is 0 Å². The number of rotatable bonds is 9. The van der Waals surface area contributed by atoms with Crippen molar-refractivity contribution in [3.63, 3.8) is 0 Å². The highest BCUT2D eigenvalue weighted by molar-refractivity contribution is 6.22. The van der Waals surface area contributed by atoms with Gasteiger partial charge in [0.15, 0.2) is 11.5 Å². The van der Waals surface area contributed by atoms with Crippen molar-refractivity contribution in [3.8, 4) is 11.5 Å². The Morgan fingerprint density at radius 3 is 2.52 bits per heavy atom. The number of benzene rings is 2. The second-order valence-corrected chi connectivity index (χ2v) is 7.54. The largest absolute Gasteiger partial charge is 0.493 e. The number of ether oxygens (including phenoxy) is 2. The van der Waals surface area contributed by atoms with Gasteiger partial charge in [-0.25, -0.2) is 4.98 Å². The Balaban J connectivity index is 1.41. The predicted octanol–water partition coefficient (Wildman–Crippen LogP) is 2.24. The molecule has 0 saturated carbocycles. The van der Waals surface area contributed by atoms with Crippen LogP contribution in [0.25, 0.3) is 0 Å². The third-order valence-electron chi connectivity index (χ3n) is 5.54. The molecule has 170 valence electrons. The quantitative estimate of drug-likeness (QED) is 0.486. The van der Waals surface area contributed by atoms with Gasteiger partial charge < -0.3 is 19.8 Å². The third kappa shape index (κ3) is 4.57. The average Bonchev–Trinajstić information content (AvgIpc) is 3.44. The molecule has 0 unspecified atom stereocenters. The Kier molecular flexibility index (Phi) is 6.39. The molecule has 0 fully saturated rings. The van der Waals surface area contributed by atoms with Crippen molar-refractivity contribution in [1.82, 2.24) is 20.2 Å². The summed E-state index contributed by atoms with van der Waals surface area (Å²) in [5.74, 6) is 0.128. The molecule has 3 aromatic rings. The van der Waals surface area contributed by atoms with Crippen LogP contribution in [0, 0.1) is 0 Å². The SMILES string of the molecule is COc1ccc(CCN2C(=O)c3ccc(C(=O)NCCc4cnc[nH]4)cc3C2=O)cc1OC. The third-order valence-corrected chi connectivity index (χ3v) is 5.54. The van der Waals surface area contributed by atoms with Gasteiger partial charge in [0, 0.05) is 37.0 Å². The Bertz CT molecular complexity index is 1190. The van der Waals surface area contributed by atoms with Crippen molar-refractivity contribution in [1.29, 1.82) is 0 Å². The monoisotopic (exact) mass is 448 g/mol. The molecule has 0 bridgehead atoms. The Labute approximate surface area is 190 Å². The minimum absolute atomic E-state index is 0.216. The van der Waals surface area contributed by atoms with E-state index < -0.39 is 5.91 Å². The van der Waals surface area contributed by atoms with Crippen LogP contribution in [-0.4, -0.2) is 59.9 Å². The lowest BCUT2D eigenvalue weighted by Gasteiger charge is -2.14. The van der Waals surface area contributed by atoms with Gasteiger partial charge in [0.05, 0.1) is 31.7 Å². The van der Waals surface area contributed by atoms with E-state index in [2.05, 4.69) is 15.3 Å². The van der Waals surface area contributed by atoms with Gasteiger partial charge in [0.1, 0.15) is 0 Å². The van der Waals surface area contributed by atoms with Crippen molar-refractivity contribution in [2.45, 2.75) is 12.8 Å². The van der Waals surface area contributed by atoms with Gasteiger partial charge in [0.25, 0.3) is 17.7 Å². The smallest absolute Gasteiger partial charge is 0.261 e. The molecule has 0 radical (unpaired) electrons. The second-order valence-electron chi connectivity index (χ2n) is 7.54. The summed E-state index contributed by atoms with van der Waals surface area (Å²) in [5.41, 5.74) is 2.70. The van der Waals surface area contributed by atoms with E-state index in [1.54, 1.807) is 38.9 Å². The second kappa shape index (κ2) is 9.56. The molecule has 1 aromatic heterocycles. The fourth-order valence-corrected chi connectivity index (χ4v) is 3.75. The summed E-state index contributed by atoms with van der Waals surface area (Å²) in [7, 11) is 3.11. The normalized spacial score (nSPS) is 12.6. The average molecular weight is 448 g/mol. The zero-order chi connectivity index (χ0) is 23.4. The molecule has 0 saturated heterocycles. The van der Waals surface area contributed by atoms with Crippen LogP contribution in [0.4, 0.5) is 0 Å². The number of fused-ring (bicyclic) bond motifs is 1. The number of imide groups is 1. The number of nitrogens with zero attached hydrogens (tertiary/aromatic N) is 2. The van der Waals surface area contributed by atoms with E-state index in [1.807, 2.05) is 12.1 Å². The standard InChI is InChI=1S/C24H24N4O5/c1-32-20-6-3-15(11-21(20)33-2)8-10-28-23(30)18-5-4-16(12-19(18)24(28)31)22(29)26-9-7-17-13-25-14-27-17/h3-6,11-14H,7-10H2,1-2H3,(H,25,27)(H,26,29). The van der Waals surface area contributed by atoms with Crippen LogP contribution in [0.2, 0.25) is 0 Å². The van der Waals surface area contributed by atoms with Crippen LogP contribution in [0.1, 0.15) is 42.3 Å². The van der Waals surface area contributed by atoms with Crippen molar-refractivity contribution in [2.75, 3.05) is 27.3 Å².